The number of hydrogen-bond donors (Lipinski definition) is 2. The SMILES string of the molecule is O=c1[nH]c2cc(C=C3c4ccc(F)cc4OCc4c(F)cccc43)ccc2n1C1CCNCC1. The van der Waals surface area contributed by atoms with Gasteiger partial charge < -0.3 is 15.0 Å². The van der Waals surface area contributed by atoms with Crippen LogP contribution in [0.3, 0.4) is 0 Å². The number of imidazole rings is 1. The molecular weight excluding hydrogens is 436 g/mol. The van der Waals surface area contributed by atoms with Gasteiger partial charge in [-0.1, -0.05) is 18.2 Å². The van der Waals surface area contributed by atoms with Gasteiger partial charge in [0.15, 0.2) is 0 Å². The number of aromatic amines is 1. The van der Waals surface area contributed by atoms with E-state index in [1.807, 2.05) is 34.9 Å². The van der Waals surface area contributed by atoms with Gasteiger partial charge in [-0.15, -0.1) is 0 Å². The average molecular weight is 459 g/mol. The Morgan fingerprint density at radius 1 is 1.00 bits per heavy atom. The Balaban J connectivity index is 1.50. The quantitative estimate of drug-likeness (QED) is 0.443. The molecule has 0 aliphatic carbocycles. The molecule has 0 radical (unpaired) electrons. The number of benzene rings is 3. The van der Waals surface area contributed by atoms with Gasteiger partial charge in [-0.2, -0.15) is 0 Å². The molecule has 7 heteroatoms. The molecule has 2 N–H and O–H groups in total. The number of nitrogens with zero attached hydrogens (tertiary/aromatic N) is 1. The molecule has 3 aromatic carbocycles. The van der Waals surface area contributed by atoms with Crippen molar-refractivity contribution < 1.29 is 13.5 Å². The van der Waals surface area contributed by atoms with Crippen LogP contribution in [0.4, 0.5) is 8.78 Å². The van der Waals surface area contributed by atoms with Crippen molar-refractivity contribution in [2.75, 3.05) is 13.1 Å². The molecule has 1 fully saturated rings. The Hall–Kier alpha value is -3.71. The molecule has 2 aliphatic rings. The Labute approximate surface area is 194 Å². The van der Waals surface area contributed by atoms with Gasteiger partial charge in [0.1, 0.15) is 24.0 Å². The van der Waals surface area contributed by atoms with Crippen LogP contribution in [0, 0.1) is 11.6 Å². The summed E-state index contributed by atoms with van der Waals surface area (Å²) in [5.41, 5.74) is 4.91. The lowest BCUT2D eigenvalue weighted by molar-refractivity contribution is 0.299. The van der Waals surface area contributed by atoms with E-state index in [1.165, 1.54) is 18.2 Å². The first-order valence-corrected chi connectivity index (χ1v) is 11.5. The largest absolute Gasteiger partial charge is 0.488 e. The van der Waals surface area contributed by atoms with Crippen LogP contribution in [-0.2, 0) is 6.61 Å². The van der Waals surface area contributed by atoms with Crippen LogP contribution in [0.15, 0.2) is 59.4 Å². The van der Waals surface area contributed by atoms with Gasteiger partial charge >= 0.3 is 5.69 Å². The van der Waals surface area contributed by atoms with E-state index < -0.39 is 5.82 Å². The maximum atomic E-state index is 14.7. The summed E-state index contributed by atoms with van der Waals surface area (Å²) in [4.78, 5) is 15.8. The number of hydrogen-bond acceptors (Lipinski definition) is 3. The summed E-state index contributed by atoms with van der Waals surface area (Å²) in [7, 11) is 0. The summed E-state index contributed by atoms with van der Waals surface area (Å²) in [6.07, 6.45) is 3.76. The highest BCUT2D eigenvalue weighted by atomic mass is 19.1. The second-order valence-electron chi connectivity index (χ2n) is 8.81. The van der Waals surface area contributed by atoms with E-state index >= 15 is 0 Å². The van der Waals surface area contributed by atoms with E-state index in [2.05, 4.69) is 10.3 Å². The molecule has 0 saturated carbocycles. The molecule has 5 nitrogen and oxygen atoms in total. The van der Waals surface area contributed by atoms with E-state index in [-0.39, 0.29) is 24.2 Å². The van der Waals surface area contributed by atoms with Gasteiger partial charge in [-0.25, -0.2) is 13.6 Å². The minimum absolute atomic E-state index is 0.0151. The standard InChI is InChI=1S/C27H23F2N3O2/c28-17-5-6-20-21(19-2-1-3-23(29)22(19)15-34-26(20)14-17)12-16-4-7-25-24(13-16)31-27(33)32(25)18-8-10-30-11-9-18/h1-7,12-14,18,30H,8-11,15H2,(H,31,33). The highest BCUT2D eigenvalue weighted by Gasteiger charge is 2.23. The summed E-state index contributed by atoms with van der Waals surface area (Å²) in [5, 5.41) is 3.33. The Morgan fingerprint density at radius 3 is 2.71 bits per heavy atom. The predicted molar refractivity (Wildman–Crippen MR) is 128 cm³/mol. The molecule has 1 saturated heterocycles. The van der Waals surface area contributed by atoms with Crippen molar-refractivity contribution in [3.8, 4) is 5.75 Å². The molecule has 0 atom stereocenters. The van der Waals surface area contributed by atoms with Crippen LogP contribution in [0.5, 0.6) is 5.75 Å². The molecule has 1 aromatic heterocycles. The lowest BCUT2D eigenvalue weighted by atomic mass is 9.92. The Bertz CT molecular complexity index is 1500. The molecule has 2 aliphatic heterocycles. The number of ether oxygens (including phenoxy) is 1. The normalized spacial score (nSPS) is 17.3. The number of halogens is 2. The van der Waals surface area contributed by atoms with Crippen molar-refractivity contribution >= 4 is 22.7 Å². The van der Waals surface area contributed by atoms with E-state index in [4.69, 9.17) is 4.74 Å². The second kappa shape index (κ2) is 8.25. The van der Waals surface area contributed by atoms with Gasteiger partial charge in [-0.3, -0.25) is 4.57 Å². The van der Waals surface area contributed by atoms with Crippen molar-refractivity contribution in [1.29, 1.82) is 0 Å². The molecule has 4 aromatic rings. The minimum atomic E-state index is -0.414. The number of aromatic nitrogens is 2. The van der Waals surface area contributed by atoms with Crippen molar-refractivity contribution in [1.82, 2.24) is 14.9 Å². The minimum Gasteiger partial charge on any atom is -0.488 e. The van der Waals surface area contributed by atoms with Gasteiger partial charge in [0.05, 0.1) is 11.0 Å². The summed E-state index contributed by atoms with van der Waals surface area (Å²) in [6.45, 7) is 1.80. The molecule has 0 unspecified atom stereocenters. The summed E-state index contributed by atoms with van der Waals surface area (Å²) >= 11 is 0. The summed E-state index contributed by atoms with van der Waals surface area (Å²) in [5.74, 6) is -0.410. The van der Waals surface area contributed by atoms with Crippen LogP contribution in [0.1, 0.15) is 41.1 Å². The second-order valence-corrected chi connectivity index (χ2v) is 8.81. The van der Waals surface area contributed by atoms with Crippen LogP contribution < -0.4 is 15.7 Å². The first-order chi connectivity index (χ1) is 16.6. The highest BCUT2D eigenvalue weighted by molar-refractivity contribution is 5.95. The Kier molecular flexibility index (Phi) is 5.07. The average Bonchev–Trinajstić information content (AvgIpc) is 3.08. The molecule has 172 valence electrons. The van der Waals surface area contributed by atoms with Crippen LogP contribution in [0.2, 0.25) is 0 Å². The number of fused-ring (bicyclic) bond motifs is 3. The van der Waals surface area contributed by atoms with E-state index in [0.717, 1.165) is 48.1 Å². The maximum absolute atomic E-state index is 14.7. The fourth-order valence-corrected chi connectivity index (χ4v) is 5.08. The van der Waals surface area contributed by atoms with Crippen molar-refractivity contribution in [2.45, 2.75) is 25.5 Å². The van der Waals surface area contributed by atoms with Crippen molar-refractivity contribution in [2.24, 2.45) is 0 Å². The summed E-state index contributed by atoms with van der Waals surface area (Å²) in [6, 6.07) is 15.3. The number of nitrogens with one attached hydrogen (secondary N) is 2. The first kappa shape index (κ1) is 20.9. The molecular formula is C27H23F2N3O2. The number of piperidine rings is 1. The zero-order valence-electron chi connectivity index (χ0n) is 18.4. The number of H-pyrrole nitrogens is 1. The summed E-state index contributed by atoms with van der Waals surface area (Å²) < 4.78 is 36.3. The zero-order valence-corrected chi connectivity index (χ0v) is 18.4. The lowest BCUT2D eigenvalue weighted by Gasteiger charge is -2.23. The Morgan fingerprint density at radius 2 is 1.85 bits per heavy atom. The molecule has 0 bridgehead atoms. The third-order valence-corrected chi connectivity index (χ3v) is 6.74. The number of rotatable bonds is 2. The fraction of sp³-hybridized carbons (Fsp3) is 0.222. The maximum Gasteiger partial charge on any atom is 0.326 e. The van der Waals surface area contributed by atoms with Gasteiger partial charge in [0.2, 0.25) is 0 Å². The fourth-order valence-electron chi connectivity index (χ4n) is 5.08. The van der Waals surface area contributed by atoms with Crippen LogP contribution >= 0.6 is 0 Å². The molecule has 6 rings (SSSR count). The zero-order chi connectivity index (χ0) is 23.2. The monoisotopic (exact) mass is 459 g/mol. The van der Waals surface area contributed by atoms with Gasteiger partial charge in [0.25, 0.3) is 0 Å². The first-order valence-electron chi connectivity index (χ1n) is 11.5. The predicted octanol–water partition coefficient (Wildman–Crippen LogP) is 5.01. The van der Waals surface area contributed by atoms with Crippen LogP contribution in [0.25, 0.3) is 22.7 Å². The van der Waals surface area contributed by atoms with E-state index in [0.29, 0.717) is 22.4 Å². The molecule has 34 heavy (non-hydrogen) atoms. The van der Waals surface area contributed by atoms with Gasteiger partial charge in [-0.05, 0) is 79.0 Å². The van der Waals surface area contributed by atoms with E-state index in [1.54, 1.807) is 12.1 Å². The third kappa shape index (κ3) is 3.53. The topological polar surface area (TPSA) is 59.1 Å². The van der Waals surface area contributed by atoms with Crippen molar-refractivity contribution in [3.63, 3.8) is 0 Å². The van der Waals surface area contributed by atoms with E-state index in [9.17, 15) is 13.6 Å². The highest BCUT2D eigenvalue weighted by Crippen LogP contribution is 2.39. The molecule has 0 spiro atoms. The molecule has 3 heterocycles. The van der Waals surface area contributed by atoms with Crippen molar-refractivity contribution in [3.05, 3.63) is 99.0 Å². The lowest BCUT2D eigenvalue weighted by Crippen LogP contribution is -2.33. The smallest absolute Gasteiger partial charge is 0.326 e. The third-order valence-electron chi connectivity index (χ3n) is 6.74. The van der Waals surface area contributed by atoms with Crippen LogP contribution in [-0.4, -0.2) is 22.6 Å². The van der Waals surface area contributed by atoms with Gasteiger partial charge in [0, 0.05) is 23.2 Å². The molecule has 0 amide bonds.